The summed E-state index contributed by atoms with van der Waals surface area (Å²) in [5, 5.41) is 2.89. The maximum Gasteiger partial charge on any atom is 0.246 e. The van der Waals surface area contributed by atoms with Crippen LogP contribution in [0.2, 0.25) is 0 Å². The first-order valence-electron chi connectivity index (χ1n) is 8.21. The second kappa shape index (κ2) is 6.05. The van der Waals surface area contributed by atoms with Crippen molar-refractivity contribution in [1.82, 2.24) is 14.5 Å². The molecule has 2 heterocycles. The number of para-hydroxylation sites is 3. The summed E-state index contributed by atoms with van der Waals surface area (Å²) in [7, 11) is 0. The predicted molar refractivity (Wildman–Crippen MR) is 94.8 cm³/mol. The van der Waals surface area contributed by atoms with E-state index in [1.165, 1.54) is 0 Å². The van der Waals surface area contributed by atoms with Crippen molar-refractivity contribution in [2.24, 2.45) is 0 Å². The molecule has 0 fully saturated rings. The number of imidazole rings is 1. The Morgan fingerprint density at radius 2 is 1.96 bits per heavy atom. The monoisotopic (exact) mass is 334 g/mol. The summed E-state index contributed by atoms with van der Waals surface area (Å²) in [5.74, 6) is -0.281. The Labute approximate surface area is 145 Å². The normalized spacial score (nSPS) is 17.1. The molecular formula is C19H18N4O2. The molecule has 6 nitrogen and oxygen atoms in total. The molecule has 1 atom stereocenters. The van der Waals surface area contributed by atoms with Crippen LogP contribution in [-0.2, 0) is 22.7 Å². The number of nitrogens with zero attached hydrogens (tertiary/aromatic N) is 3. The quantitative estimate of drug-likeness (QED) is 0.782. The zero-order chi connectivity index (χ0) is 17.4. The molecule has 1 aromatic heterocycles. The van der Waals surface area contributed by atoms with E-state index in [9.17, 15) is 9.59 Å². The number of rotatable bonds is 2. The second-order valence-electron chi connectivity index (χ2n) is 6.21. The van der Waals surface area contributed by atoms with E-state index in [2.05, 4.69) is 10.3 Å². The van der Waals surface area contributed by atoms with Gasteiger partial charge in [0, 0.05) is 12.2 Å². The number of hydrogen-bond acceptors (Lipinski definition) is 3. The van der Waals surface area contributed by atoms with Gasteiger partial charge in [-0.15, -0.1) is 0 Å². The summed E-state index contributed by atoms with van der Waals surface area (Å²) in [6, 6.07) is 14.7. The van der Waals surface area contributed by atoms with Crippen LogP contribution in [0, 0.1) is 0 Å². The lowest BCUT2D eigenvalue weighted by atomic mass is 10.1. The van der Waals surface area contributed by atoms with E-state index in [-0.39, 0.29) is 18.4 Å². The van der Waals surface area contributed by atoms with Gasteiger partial charge < -0.3 is 14.8 Å². The standard InChI is InChI=1S/C19H18N4O2/c1-13-19(25)21-15-7-3-2-6-14(15)10-23(13)18(24)11-22-12-20-16-8-4-5-9-17(16)22/h2-9,12-13H,10-11H2,1H3,(H,21,25). The first-order chi connectivity index (χ1) is 12.1. The Morgan fingerprint density at radius 3 is 2.84 bits per heavy atom. The highest BCUT2D eigenvalue weighted by atomic mass is 16.2. The minimum atomic E-state index is -0.533. The van der Waals surface area contributed by atoms with E-state index in [0.717, 1.165) is 22.3 Å². The Morgan fingerprint density at radius 1 is 1.20 bits per heavy atom. The van der Waals surface area contributed by atoms with Gasteiger partial charge in [-0.25, -0.2) is 4.98 Å². The number of hydrogen-bond donors (Lipinski definition) is 1. The van der Waals surface area contributed by atoms with Gasteiger partial charge in [0.25, 0.3) is 0 Å². The number of amides is 2. The van der Waals surface area contributed by atoms with Gasteiger partial charge in [0.1, 0.15) is 12.6 Å². The minimum Gasteiger partial charge on any atom is -0.325 e. The van der Waals surface area contributed by atoms with Gasteiger partial charge in [-0.1, -0.05) is 30.3 Å². The van der Waals surface area contributed by atoms with Crippen molar-refractivity contribution in [2.45, 2.75) is 26.1 Å². The minimum absolute atomic E-state index is 0.109. The van der Waals surface area contributed by atoms with Crippen LogP contribution in [0.3, 0.4) is 0 Å². The second-order valence-corrected chi connectivity index (χ2v) is 6.21. The summed E-state index contributed by atoms with van der Waals surface area (Å²) in [6.07, 6.45) is 1.67. The van der Waals surface area contributed by atoms with Crippen molar-refractivity contribution in [2.75, 3.05) is 5.32 Å². The van der Waals surface area contributed by atoms with Crippen LogP contribution in [0.1, 0.15) is 12.5 Å². The molecule has 1 aliphatic rings. The molecule has 0 aliphatic carbocycles. The van der Waals surface area contributed by atoms with E-state index in [1.54, 1.807) is 18.2 Å². The molecule has 3 aromatic rings. The number of benzene rings is 2. The zero-order valence-corrected chi connectivity index (χ0v) is 13.8. The summed E-state index contributed by atoms with van der Waals surface area (Å²) in [4.78, 5) is 31.2. The van der Waals surface area contributed by atoms with E-state index >= 15 is 0 Å². The van der Waals surface area contributed by atoms with E-state index in [1.807, 2.05) is 53.1 Å². The highest BCUT2D eigenvalue weighted by molar-refractivity contribution is 5.98. The lowest BCUT2D eigenvalue weighted by molar-refractivity contribution is -0.139. The molecule has 1 unspecified atom stereocenters. The molecule has 6 heteroatoms. The molecule has 2 amide bonds. The van der Waals surface area contributed by atoms with Crippen molar-refractivity contribution in [3.05, 3.63) is 60.4 Å². The Balaban J connectivity index is 1.63. The van der Waals surface area contributed by atoms with Crippen molar-refractivity contribution < 1.29 is 9.59 Å². The van der Waals surface area contributed by atoms with E-state index in [0.29, 0.717) is 6.54 Å². The largest absolute Gasteiger partial charge is 0.325 e. The molecule has 0 saturated carbocycles. The van der Waals surface area contributed by atoms with Gasteiger partial charge >= 0.3 is 0 Å². The van der Waals surface area contributed by atoms with Gasteiger partial charge in [-0.05, 0) is 30.7 Å². The fourth-order valence-corrected chi connectivity index (χ4v) is 3.16. The maximum atomic E-state index is 12.9. The number of fused-ring (bicyclic) bond motifs is 2. The van der Waals surface area contributed by atoms with Crippen LogP contribution in [0.25, 0.3) is 11.0 Å². The number of aromatic nitrogens is 2. The molecule has 1 aliphatic heterocycles. The van der Waals surface area contributed by atoms with Crippen LogP contribution < -0.4 is 5.32 Å². The molecule has 126 valence electrons. The molecule has 0 radical (unpaired) electrons. The third-order valence-corrected chi connectivity index (χ3v) is 4.62. The average molecular weight is 334 g/mol. The van der Waals surface area contributed by atoms with Crippen LogP contribution in [-0.4, -0.2) is 32.3 Å². The molecule has 2 aromatic carbocycles. The lowest BCUT2D eigenvalue weighted by Gasteiger charge is -2.26. The zero-order valence-electron chi connectivity index (χ0n) is 13.8. The van der Waals surface area contributed by atoms with Gasteiger partial charge in [0.2, 0.25) is 11.8 Å². The number of carbonyl (C=O) groups is 2. The van der Waals surface area contributed by atoms with Gasteiger partial charge in [-0.2, -0.15) is 0 Å². The number of anilines is 1. The summed E-state index contributed by atoms with van der Waals surface area (Å²) < 4.78 is 1.82. The number of nitrogens with one attached hydrogen (secondary N) is 1. The Kier molecular flexibility index (Phi) is 3.72. The molecular weight excluding hydrogens is 316 g/mol. The first kappa shape index (κ1) is 15.4. The summed E-state index contributed by atoms with van der Waals surface area (Å²) in [6.45, 7) is 2.31. The fourth-order valence-electron chi connectivity index (χ4n) is 3.16. The summed E-state index contributed by atoms with van der Waals surface area (Å²) >= 11 is 0. The summed E-state index contributed by atoms with van der Waals surface area (Å²) in [5.41, 5.74) is 3.46. The molecule has 0 spiro atoms. The molecule has 0 saturated heterocycles. The highest BCUT2D eigenvalue weighted by Gasteiger charge is 2.30. The van der Waals surface area contributed by atoms with Gasteiger partial charge in [-0.3, -0.25) is 9.59 Å². The van der Waals surface area contributed by atoms with Gasteiger partial charge in [0.15, 0.2) is 0 Å². The van der Waals surface area contributed by atoms with E-state index < -0.39 is 6.04 Å². The molecule has 0 bridgehead atoms. The molecule has 25 heavy (non-hydrogen) atoms. The molecule has 1 N–H and O–H groups in total. The first-order valence-corrected chi connectivity index (χ1v) is 8.21. The van der Waals surface area contributed by atoms with Crippen molar-refractivity contribution >= 4 is 28.5 Å². The third kappa shape index (κ3) is 2.76. The van der Waals surface area contributed by atoms with E-state index in [4.69, 9.17) is 0 Å². The maximum absolute atomic E-state index is 12.9. The topological polar surface area (TPSA) is 67.2 Å². The van der Waals surface area contributed by atoms with Crippen LogP contribution >= 0.6 is 0 Å². The highest BCUT2D eigenvalue weighted by Crippen LogP contribution is 2.23. The van der Waals surface area contributed by atoms with Crippen molar-refractivity contribution in [3.63, 3.8) is 0 Å². The Bertz CT molecular complexity index is 963. The smallest absolute Gasteiger partial charge is 0.246 e. The Hall–Kier alpha value is -3.15. The van der Waals surface area contributed by atoms with Crippen LogP contribution in [0.4, 0.5) is 5.69 Å². The third-order valence-electron chi connectivity index (χ3n) is 4.62. The van der Waals surface area contributed by atoms with Crippen molar-refractivity contribution in [3.8, 4) is 0 Å². The molecule has 4 rings (SSSR count). The fraction of sp³-hybridized carbons (Fsp3) is 0.211. The number of carbonyl (C=O) groups excluding carboxylic acids is 2. The average Bonchev–Trinajstić information content (AvgIpc) is 2.97. The lowest BCUT2D eigenvalue weighted by Crippen LogP contribution is -2.44. The van der Waals surface area contributed by atoms with Crippen molar-refractivity contribution in [1.29, 1.82) is 0 Å². The van der Waals surface area contributed by atoms with Crippen LogP contribution in [0.15, 0.2) is 54.9 Å². The predicted octanol–water partition coefficient (Wildman–Crippen LogP) is 2.41. The van der Waals surface area contributed by atoms with Gasteiger partial charge in [0.05, 0.1) is 17.4 Å². The SMILES string of the molecule is CC1C(=O)Nc2ccccc2CN1C(=O)Cn1cnc2ccccc21. The van der Waals surface area contributed by atoms with Crippen LogP contribution in [0.5, 0.6) is 0 Å².